The SMILES string of the molecule is COc1ccc(C2c3[nH]c4ccc(O)cc4c3CCN2C)cc1.O=CCc1ccccc1. The number of nitrogens with one attached hydrogen (secondary N) is 1. The van der Waals surface area contributed by atoms with Crippen LogP contribution in [0.15, 0.2) is 72.8 Å². The van der Waals surface area contributed by atoms with Crippen molar-refractivity contribution < 1.29 is 14.6 Å². The number of likely N-dealkylation sites (N-methyl/N-ethyl adjacent to an activating group) is 1. The summed E-state index contributed by atoms with van der Waals surface area (Å²) in [4.78, 5) is 15.9. The Kier molecular flexibility index (Phi) is 6.57. The number of aromatic hydroxyl groups is 1. The molecular formula is C27H28N2O3. The molecule has 164 valence electrons. The highest BCUT2D eigenvalue weighted by Crippen LogP contribution is 2.38. The van der Waals surface area contributed by atoms with Gasteiger partial charge in [0.2, 0.25) is 0 Å². The summed E-state index contributed by atoms with van der Waals surface area (Å²) in [5, 5.41) is 10.9. The maximum atomic E-state index is 9.97. The van der Waals surface area contributed by atoms with E-state index in [0.29, 0.717) is 12.2 Å². The minimum Gasteiger partial charge on any atom is -0.508 e. The number of phenols is 1. The van der Waals surface area contributed by atoms with E-state index >= 15 is 0 Å². The van der Waals surface area contributed by atoms with Crippen molar-refractivity contribution in [3.8, 4) is 11.5 Å². The standard InChI is InChI=1S/C19H20N2O2.C8H8O/c1-21-10-9-15-16-11-13(22)5-8-17(16)20-18(15)19(21)12-3-6-14(23-2)7-4-12;9-7-6-8-4-2-1-3-5-8/h3-8,11,19-20,22H,9-10H2,1-2H3;1-5,7H,6H2. The van der Waals surface area contributed by atoms with Crippen molar-refractivity contribution in [3.63, 3.8) is 0 Å². The van der Waals surface area contributed by atoms with E-state index in [0.717, 1.165) is 41.5 Å². The summed E-state index contributed by atoms with van der Waals surface area (Å²) in [5.74, 6) is 1.19. The molecule has 1 aromatic heterocycles. The number of fused-ring (bicyclic) bond motifs is 3. The van der Waals surface area contributed by atoms with E-state index in [1.165, 1.54) is 16.8 Å². The van der Waals surface area contributed by atoms with Gasteiger partial charge in [-0.05, 0) is 60.5 Å². The second kappa shape index (κ2) is 9.71. The van der Waals surface area contributed by atoms with E-state index in [4.69, 9.17) is 4.74 Å². The van der Waals surface area contributed by atoms with Crippen LogP contribution in [0.3, 0.4) is 0 Å². The minimum atomic E-state index is 0.194. The third-order valence-corrected chi connectivity index (χ3v) is 5.94. The van der Waals surface area contributed by atoms with Crippen LogP contribution in [-0.4, -0.2) is 42.0 Å². The summed E-state index contributed by atoms with van der Waals surface area (Å²) in [6.45, 7) is 0.992. The predicted octanol–water partition coefficient (Wildman–Crippen LogP) is 4.89. The van der Waals surface area contributed by atoms with Gasteiger partial charge in [0.25, 0.3) is 0 Å². The number of carbonyl (C=O) groups is 1. The molecule has 5 heteroatoms. The van der Waals surface area contributed by atoms with Crippen LogP contribution >= 0.6 is 0 Å². The Bertz CT molecular complexity index is 1180. The van der Waals surface area contributed by atoms with Crippen LogP contribution in [0.1, 0.15) is 28.4 Å². The first-order valence-electron chi connectivity index (χ1n) is 10.8. The Morgan fingerprint density at radius 1 is 1.09 bits per heavy atom. The number of nitrogens with zero attached hydrogens (tertiary/aromatic N) is 1. The Balaban J connectivity index is 0.000000230. The number of aromatic amines is 1. The normalized spacial score (nSPS) is 15.5. The quantitative estimate of drug-likeness (QED) is 0.455. The minimum absolute atomic E-state index is 0.194. The van der Waals surface area contributed by atoms with Crippen LogP contribution in [0.2, 0.25) is 0 Å². The molecule has 1 unspecified atom stereocenters. The van der Waals surface area contributed by atoms with E-state index in [9.17, 15) is 9.90 Å². The summed E-state index contributed by atoms with van der Waals surface area (Å²) in [6, 6.07) is 23.7. The van der Waals surface area contributed by atoms with E-state index in [1.54, 1.807) is 13.2 Å². The Morgan fingerprint density at radius 2 is 1.84 bits per heavy atom. The van der Waals surface area contributed by atoms with Crippen LogP contribution in [0, 0.1) is 0 Å². The number of aldehydes is 1. The van der Waals surface area contributed by atoms with Gasteiger partial charge in [0.15, 0.2) is 0 Å². The van der Waals surface area contributed by atoms with Crippen LogP contribution in [0.5, 0.6) is 11.5 Å². The third-order valence-electron chi connectivity index (χ3n) is 5.94. The molecule has 1 atom stereocenters. The van der Waals surface area contributed by atoms with Gasteiger partial charge >= 0.3 is 0 Å². The lowest BCUT2D eigenvalue weighted by atomic mass is 9.93. The molecule has 0 amide bonds. The molecule has 4 aromatic rings. The van der Waals surface area contributed by atoms with Gasteiger partial charge in [-0.15, -0.1) is 0 Å². The number of ether oxygens (including phenoxy) is 1. The van der Waals surface area contributed by atoms with Gasteiger partial charge < -0.3 is 19.6 Å². The zero-order valence-corrected chi connectivity index (χ0v) is 18.4. The second-order valence-corrected chi connectivity index (χ2v) is 8.01. The number of methoxy groups -OCH3 is 1. The summed E-state index contributed by atoms with van der Waals surface area (Å²) in [7, 11) is 3.84. The lowest BCUT2D eigenvalue weighted by Crippen LogP contribution is -2.32. The van der Waals surface area contributed by atoms with Crippen molar-refractivity contribution in [2.45, 2.75) is 18.9 Å². The molecule has 0 fully saturated rings. The fourth-order valence-electron chi connectivity index (χ4n) is 4.31. The van der Waals surface area contributed by atoms with Crippen molar-refractivity contribution in [2.24, 2.45) is 0 Å². The van der Waals surface area contributed by atoms with Crippen molar-refractivity contribution in [1.29, 1.82) is 0 Å². The first-order chi connectivity index (χ1) is 15.6. The number of carbonyl (C=O) groups excluding carboxylic acids is 1. The molecule has 2 heterocycles. The smallest absolute Gasteiger partial charge is 0.124 e. The molecule has 0 spiro atoms. The van der Waals surface area contributed by atoms with E-state index in [1.807, 2.05) is 54.6 Å². The number of hydrogen-bond acceptors (Lipinski definition) is 4. The van der Waals surface area contributed by atoms with Crippen molar-refractivity contribution in [2.75, 3.05) is 20.7 Å². The fraction of sp³-hybridized carbons (Fsp3) is 0.222. The highest BCUT2D eigenvalue weighted by Gasteiger charge is 2.29. The first-order valence-corrected chi connectivity index (χ1v) is 10.8. The first kappa shape index (κ1) is 21.7. The molecule has 0 saturated carbocycles. The predicted molar refractivity (Wildman–Crippen MR) is 127 cm³/mol. The summed E-state index contributed by atoms with van der Waals surface area (Å²) >= 11 is 0. The zero-order chi connectivity index (χ0) is 22.5. The zero-order valence-electron chi connectivity index (χ0n) is 18.4. The average molecular weight is 429 g/mol. The van der Waals surface area contributed by atoms with Crippen LogP contribution in [0.4, 0.5) is 0 Å². The van der Waals surface area contributed by atoms with Gasteiger partial charge in [-0.25, -0.2) is 0 Å². The van der Waals surface area contributed by atoms with Crippen molar-refractivity contribution in [3.05, 3.63) is 95.2 Å². The third kappa shape index (κ3) is 4.53. The van der Waals surface area contributed by atoms with Gasteiger partial charge in [-0.1, -0.05) is 42.5 Å². The molecule has 0 aliphatic carbocycles. The van der Waals surface area contributed by atoms with E-state index < -0.39 is 0 Å². The van der Waals surface area contributed by atoms with Crippen LogP contribution < -0.4 is 4.74 Å². The van der Waals surface area contributed by atoms with Crippen LogP contribution in [0.25, 0.3) is 10.9 Å². The van der Waals surface area contributed by atoms with Crippen molar-refractivity contribution in [1.82, 2.24) is 9.88 Å². The second-order valence-electron chi connectivity index (χ2n) is 8.01. The number of aromatic nitrogens is 1. The Hall–Kier alpha value is -3.57. The lowest BCUT2D eigenvalue weighted by molar-refractivity contribution is -0.107. The highest BCUT2D eigenvalue weighted by atomic mass is 16.5. The molecule has 0 bridgehead atoms. The Labute approximate surface area is 188 Å². The van der Waals surface area contributed by atoms with E-state index in [2.05, 4.69) is 29.1 Å². The monoisotopic (exact) mass is 428 g/mol. The number of H-pyrrole nitrogens is 1. The van der Waals surface area contributed by atoms with Gasteiger partial charge in [-0.2, -0.15) is 0 Å². The fourth-order valence-corrected chi connectivity index (χ4v) is 4.31. The van der Waals surface area contributed by atoms with Gasteiger partial charge in [0.1, 0.15) is 17.8 Å². The average Bonchev–Trinajstić information content (AvgIpc) is 3.18. The van der Waals surface area contributed by atoms with E-state index in [-0.39, 0.29) is 6.04 Å². The number of rotatable bonds is 4. The number of benzene rings is 3. The lowest BCUT2D eigenvalue weighted by Gasteiger charge is -2.33. The summed E-state index contributed by atoms with van der Waals surface area (Å²) in [5.41, 5.74) is 5.94. The molecular weight excluding hydrogens is 400 g/mol. The van der Waals surface area contributed by atoms with Crippen molar-refractivity contribution >= 4 is 17.2 Å². The summed E-state index contributed by atoms with van der Waals surface area (Å²) < 4.78 is 5.26. The van der Waals surface area contributed by atoms with Gasteiger partial charge in [-0.3, -0.25) is 4.90 Å². The molecule has 5 rings (SSSR count). The van der Waals surface area contributed by atoms with Gasteiger partial charge in [0, 0.05) is 29.6 Å². The maximum absolute atomic E-state index is 9.97. The number of hydrogen-bond donors (Lipinski definition) is 2. The topological polar surface area (TPSA) is 65.6 Å². The largest absolute Gasteiger partial charge is 0.508 e. The maximum Gasteiger partial charge on any atom is 0.124 e. The highest BCUT2D eigenvalue weighted by molar-refractivity contribution is 5.86. The molecule has 0 saturated heterocycles. The molecule has 1 aliphatic rings. The summed E-state index contributed by atoms with van der Waals surface area (Å²) in [6.07, 6.45) is 2.43. The molecule has 5 nitrogen and oxygen atoms in total. The molecule has 32 heavy (non-hydrogen) atoms. The number of phenolic OH excluding ortho intramolecular Hbond substituents is 1. The molecule has 3 aromatic carbocycles. The van der Waals surface area contributed by atoms with Gasteiger partial charge in [0.05, 0.1) is 13.2 Å². The van der Waals surface area contributed by atoms with Crippen LogP contribution in [-0.2, 0) is 17.6 Å². The Morgan fingerprint density at radius 3 is 2.53 bits per heavy atom. The molecule has 2 N–H and O–H groups in total. The molecule has 0 radical (unpaired) electrons. The molecule has 1 aliphatic heterocycles.